The molecule has 7 nitrogen and oxygen atoms in total. The number of nitrogens with zero attached hydrogens (tertiary/aromatic N) is 2. The molecule has 0 aliphatic carbocycles. The Morgan fingerprint density at radius 1 is 0.818 bits per heavy atom. The summed E-state index contributed by atoms with van der Waals surface area (Å²) in [5, 5.41) is 2.93. The fourth-order valence-electron chi connectivity index (χ4n) is 4.31. The summed E-state index contributed by atoms with van der Waals surface area (Å²) in [5.41, 5.74) is 2.11. The number of amides is 1. The first kappa shape index (κ1) is 21.1. The van der Waals surface area contributed by atoms with Gasteiger partial charge in [-0.1, -0.05) is 72.8 Å². The minimum atomic E-state index is -4.03. The zero-order valence-electron chi connectivity index (χ0n) is 17.6. The average molecular weight is 460 g/mol. The van der Waals surface area contributed by atoms with Crippen LogP contribution >= 0.6 is 0 Å². The van der Waals surface area contributed by atoms with Crippen LogP contribution in [0, 0.1) is 5.92 Å². The smallest absolute Gasteiger partial charge is 0.286 e. The molecule has 1 saturated heterocycles. The van der Waals surface area contributed by atoms with E-state index in [1.807, 2.05) is 60.7 Å². The van der Waals surface area contributed by atoms with Crippen molar-refractivity contribution in [2.45, 2.75) is 23.9 Å². The van der Waals surface area contributed by atoms with Crippen LogP contribution in [0.3, 0.4) is 0 Å². The van der Waals surface area contributed by atoms with Crippen LogP contribution in [-0.4, -0.2) is 36.9 Å². The zero-order valence-corrected chi connectivity index (χ0v) is 18.4. The summed E-state index contributed by atoms with van der Waals surface area (Å²) in [6, 6.07) is 24.5. The molecule has 166 valence electrons. The predicted octanol–water partition coefficient (Wildman–Crippen LogP) is 3.04. The Morgan fingerprint density at radius 2 is 1.42 bits per heavy atom. The van der Waals surface area contributed by atoms with Crippen molar-refractivity contribution in [3.63, 3.8) is 0 Å². The van der Waals surface area contributed by atoms with Crippen molar-refractivity contribution in [1.29, 1.82) is 0 Å². The monoisotopic (exact) mass is 459 g/mol. The first-order valence-electron chi connectivity index (χ1n) is 10.6. The second-order valence-corrected chi connectivity index (χ2v) is 9.64. The van der Waals surface area contributed by atoms with Crippen molar-refractivity contribution in [3.05, 3.63) is 96.1 Å². The number of nitrogens with one attached hydrogen (secondary N) is 1. The molecule has 5 rings (SSSR count). The van der Waals surface area contributed by atoms with Gasteiger partial charge in [0, 0.05) is 13.0 Å². The van der Waals surface area contributed by atoms with Crippen LogP contribution in [-0.2, 0) is 32.6 Å². The minimum absolute atomic E-state index is 0.0219. The highest BCUT2D eigenvalue weighted by atomic mass is 32.2. The van der Waals surface area contributed by atoms with Crippen molar-refractivity contribution in [2.24, 2.45) is 10.3 Å². The summed E-state index contributed by atoms with van der Waals surface area (Å²) >= 11 is 0. The molecular formula is C25H21N3O4S. The molecule has 8 heteroatoms. The van der Waals surface area contributed by atoms with Gasteiger partial charge in [0.1, 0.15) is 10.7 Å². The molecule has 2 heterocycles. The number of sulfonamides is 1. The second kappa shape index (κ2) is 8.29. The summed E-state index contributed by atoms with van der Waals surface area (Å²) in [5.74, 6) is -2.26. The maximum atomic E-state index is 13.6. The average Bonchev–Trinajstić information content (AvgIpc) is 3.04. The molecule has 0 bridgehead atoms. The SMILES string of the molecule is O=C1C(C2=NS(=O)(=O)c3ccccc3N2)C(=O)N(Cc2ccccc2)[C@H]1Cc1ccccc1. The fraction of sp³-hybridized carbons (Fsp3) is 0.160. The van der Waals surface area contributed by atoms with Gasteiger partial charge >= 0.3 is 0 Å². The molecule has 0 saturated carbocycles. The lowest BCUT2D eigenvalue weighted by Gasteiger charge is -2.24. The number of anilines is 1. The van der Waals surface area contributed by atoms with Crippen LogP contribution in [0.5, 0.6) is 0 Å². The zero-order chi connectivity index (χ0) is 23.0. The summed E-state index contributed by atoms with van der Waals surface area (Å²) in [7, 11) is -4.03. The first-order chi connectivity index (χ1) is 15.9. The number of carbonyl (C=O) groups excluding carboxylic acids is 2. The van der Waals surface area contributed by atoms with E-state index >= 15 is 0 Å². The largest absolute Gasteiger partial charge is 0.341 e. The van der Waals surface area contributed by atoms with Gasteiger partial charge in [0.05, 0.1) is 11.7 Å². The molecule has 0 aromatic heterocycles. The number of Topliss-reactive ketones (excluding diaryl/α,β-unsaturated/α-hetero) is 1. The lowest BCUT2D eigenvalue weighted by atomic mass is 9.97. The highest BCUT2D eigenvalue weighted by Gasteiger charge is 2.50. The highest BCUT2D eigenvalue weighted by molar-refractivity contribution is 7.90. The first-order valence-corrected chi connectivity index (χ1v) is 12.0. The van der Waals surface area contributed by atoms with Gasteiger partial charge in [0.15, 0.2) is 11.7 Å². The lowest BCUT2D eigenvalue weighted by molar-refractivity contribution is -0.131. The van der Waals surface area contributed by atoms with Crippen LogP contribution < -0.4 is 5.32 Å². The Hall–Kier alpha value is -3.78. The minimum Gasteiger partial charge on any atom is -0.341 e. The highest BCUT2D eigenvalue weighted by Crippen LogP contribution is 2.33. The third-order valence-corrected chi connectivity index (χ3v) is 7.26. The van der Waals surface area contributed by atoms with E-state index in [-0.39, 0.29) is 23.1 Å². The van der Waals surface area contributed by atoms with Gasteiger partial charge in [-0.05, 0) is 23.3 Å². The Labute approximate surface area is 191 Å². The van der Waals surface area contributed by atoms with E-state index in [9.17, 15) is 18.0 Å². The third kappa shape index (κ3) is 3.93. The molecule has 3 aromatic carbocycles. The molecule has 1 N–H and O–H groups in total. The van der Waals surface area contributed by atoms with E-state index in [2.05, 4.69) is 9.71 Å². The van der Waals surface area contributed by atoms with Crippen LogP contribution in [0.1, 0.15) is 11.1 Å². The van der Waals surface area contributed by atoms with Gasteiger partial charge in [0.2, 0.25) is 5.91 Å². The number of amidine groups is 1. The topological polar surface area (TPSA) is 95.9 Å². The molecule has 33 heavy (non-hydrogen) atoms. The number of benzene rings is 3. The number of likely N-dealkylation sites (tertiary alicyclic amines) is 1. The Kier molecular flexibility index (Phi) is 5.30. The molecule has 2 aliphatic heterocycles. The van der Waals surface area contributed by atoms with Crippen molar-refractivity contribution in [1.82, 2.24) is 4.90 Å². The molecule has 1 fully saturated rings. The van der Waals surface area contributed by atoms with Gasteiger partial charge in [-0.2, -0.15) is 8.42 Å². The van der Waals surface area contributed by atoms with E-state index in [0.29, 0.717) is 12.1 Å². The maximum Gasteiger partial charge on any atom is 0.286 e. The predicted molar refractivity (Wildman–Crippen MR) is 124 cm³/mol. The molecule has 1 unspecified atom stereocenters. The Morgan fingerprint density at radius 3 is 2.12 bits per heavy atom. The van der Waals surface area contributed by atoms with E-state index in [1.54, 1.807) is 18.2 Å². The van der Waals surface area contributed by atoms with E-state index in [0.717, 1.165) is 11.1 Å². The summed E-state index contributed by atoms with van der Waals surface area (Å²) < 4.78 is 29.3. The number of ketones is 1. The normalized spacial score (nSPS) is 21.3. The van der Waals surface area contributed by atoms with Gasteiger partial charge in [-0.3, -0.25) is 9.59 Å². The van der Waals surface area contributed by atoms with Crippen molar-refractivity contribution < 1.29 is 18.0 Å². The quantitative estimate of drug-likeness (QED) is 0.592. The molecule has 2 atom stereocenters. The lowest BCUT2D eigenvalue weighted by Crippen LogP contribution is -2.37. The number of rotatable bonds is 5. The van der Waals surface area contributed by atoms with Crippen LogP contribution in [0.4, 0.5) is 5.69 Å². The molecule has 1 amide bonds. The number of carbonyl (C=O) groups is 2. The number of para-hydroxylation sites is 1. The summed E-state index contributed by atoms with van der Waals surface area (Å²) in [6.07, 6.45) is 0.339. The van der Waals surface area contributed by atoms with Crippen molar-refractivity contribution in [2.75, 3.05) is 5.32 Å². The number of hydrogen-bond donors (Lipinski definition) is 1. The standard InChI is InChI=1S/C25H21N3O4S/c29-23-20(15-17-9-3-1-4-10-17)28(16-18-11-5-2-6-12-18)25(30)22(23)24-26-19-13-7-8-14-21(19)33(31,32)27-24/h1-14,20,22H,15-16H2,(H,26,27)/t20-,22?/m0/s1. The van der Waals surface area contributed by atoms with Crippen LogP contribution in [0.2, 0.25) is 0 Å². The number of hydrogen-bond acceptors (Lipinski definition) is 5. The van der Waals surface area contributed by atoms with Crippen molar-refractivity contribution >= 4 is 33.2 Å². The van der Waals surface area contributed by atoms with Gasteiger partial charge in [0.25, 0.3) is 10.0 Å². The molecular weight excluding hydrogens is 438 g/mol. The summed E-state index contributed by atoms with van der Waals surface area (Å²) in [6.45, 7) is 0.246. The van der Waals surface area contributed by atoms with E-state index in [1.165, 1.54) is 11.0 Å². The summed E-state index contributed by atoms with van der Waals surface area (Å²) in [4.78, 5) is 28.7. The van der Waals surface area contributed by atoms with Crippen LogP contribution in [0.15, 0.2) is 94.2 Å². The van der Waals surface area contributed by atoms with E-state index < -0.39 is 27.9 Å². The van der Waals surface area contributed by atoms with E-state index in [4.69, 9.17) is 0 Å². The van der Waals surface area contributed by atoms with Gasteiger partial charge in [-0.15, -0.1) is 4.40 Å². The van der Waals surface area contributed by atoms with Crippen LogP contribution in [0.25, 0.3) is 0 Å². The molecule has 2 aliphatic rings. The fourth-order valence-corrected chi connectivity index (χ4v) is 5.47. The van der Waals surface area contributed by atoms with Crippen molar-refractivity contribution in [3.8, 4) is 0 Å². The third-order valence-electron chi connectivity index (χ3n) is 5.91. The molecule has 3 aromatic rings. The molecule has 0 radical (unpaired) electrons. The molecule has 0 spiro atoms. The second-order valence-electron chi connectivity index (χ2n) is 8.07. The van der Waals surface area contributed by atoms with Gasteiger partial charge in [-0.25, -0.2) is 0 Å². The Balaban J connectivity index is 1.53. The maximum absolute atomic E-state index is 13.6. The Bertz CT molecular complexity index is 1300. The van der Waals surface area contributed by atoms with Gasteiger partial charge < -0.3 is 10.2 Å². The number of fused-ring (bicyclic) bond motifs is 1.